The van der Waals surface area contributed by atoms with Gasteiger partial charge >= 0.3 is 0 Å². The van der Waals surface area contributed by atoms with Crippen molar-refractivity contribution in [1.29, 1.82) is 0 Å². The normalized spacial score (nSPS) is 10.5. The van der Waals surface area contributed by atoms with E-state index in [4.69, 9.17) is 9.47 Å². The molecule has 0 N–H and O–H groups in total. The number of benzene rings is 1. The molecule has 1 aromatic rings. The van der Waals surface area contributed by atoms with Gasteiger partial charge in [-0.15, -0.1) is 0 Å². The first kappa shape index (κ1) is 13.4. The summed E-state index contributed by atoms with van der Waals surface area (Å²) in [6, 6.07) is 7.81. The third-order valence-electron chi connectivity index (χ3n) is 2.38. The highest BCUT2D eigenvalue weighted by Crippen LogP contribution is 2.20. The fourth-order valence-corrected chi connectivity index (χ4v) is 1.58. The van der Waals surface area contributed by atoms with Crippen molar-refractivity contribution in [2.24, 2.45) is 0 Å². The lowest BCUT2D eigenvalue weighted by molar-refractivity contribution is 0.192. The van der Waals surface area contributed by atoms with Crippen LogP contribution in [0.25, 0.3) is 0 Å². The van der Waals surface area contributed by atoms with Gasteiger partial charge in [0.1, 0.15) is 11.5 Å². The molecular weight excluding hydrogens is 268 g/mol. The lowest BCUT2D eigenvalue weighted by atomic mass is 10.2. The van der Waals surface area contributed by atoms with E-state index in [1.54, 1.807) is 0 Å². The lowest BCUT2D eigenvalue weighted by Gasteiger charge is -2.15. The van der Waals surface area contributed by atoms with Gasteiger partial charge in [-0.2, -0.15) is 0 Å². The molecule has 1 aromatic carbocycles. The number of hydrogen-bond acceptors (Lipinski definition) is 2. The van der Waals surface area contributed by atoms with Gasteiger partial charge in [-0.3, -0.25) is 0 Å². The van der Waals surface area contributed by atoms with Crippen molar-refractivity contribution in [2.75, 3.05) is 11.9 Å². The summed E-state index contributed by atoms with van der Waals surface area (Å²) in [7, 11) is 0. The van der Waals surface area contributed by atoms with Crippen molar-refractivity contribution in [3.05, 3.63) is 24.3 Å². The van der Waals surface area contributed by atoms with Crippen LogP contribution in [-0.2, 0) is 0 Å². The summed E-state index contributed by atoms with van der Waals surface area (Å²) < 4.78 is 11.3. The van der Waals surface area contributed by atoms with Gasteiger partial charge in [-0.25, -0.2) is 0 Å². The zero-order valence-corrected chi connectivity index (χ0v) is 11.5. The van der Waals surface area contributed by atoms with Gasteiger partial charge < -0.3 is 9.47 Å². The van der Waals surface area contributed by atoms with E-state index in [0.29, 0.717) is 12.7 Å². The molecule has 0 heterocycles. The standard InChI is InChI=1S/C13H19BrO2/c1-3-11(4-2)16-13-7-5-12(6-8-13)15-10-9-14/h5-8,11H,3-4,9-10H2,1-2H3. The zero-order valence-electron chi connectivity index (χ0n) is 9.91. The summed E-state index contributed by atoms with van der Waals surface area (Å²) in [6.45, 7) is 4.97. The molecule has 0 aliphatic heterocycles. The van der Waals surface area contributed by atoms with Crippen molar-refractivity contribution in [2.45, 2.75) is 32.8 Å². The molecular formula is C13H19BrO2. The van der Waals surface area contributed by atoms with Crippen LogP contribution in [0.5, 0.6) is 11.5 Å². The Bertz CT molecular complexity index is 280. The summed E-state index contributed by atoms with van der Waals surface area (Å²) in [5.41, 5.74) is 0. The fourth-order valence-electron chi connectivity index (χ4n) is 1.42. The van der Waals surface area contributed by atoms with Gasteiger partial charge in [0.2, 0.25) is 0 Å². The SMILES string of the molecule is CCC(CC)Oc1ccc(OCCBr)cc1. The maximum atomic E-state index is 5.81. The van der Waals surface area contributed by atoms with Crippen LogP contribution in [0.4, 0.5) is 0 Å². The van der Waals surface area contributed by atoms with E-state index >= 15 is 0 Å². The van der Waals surface area contributed by atoms with Crippen LogP contribution in [0.3, 0.4) is 0 Å². The van der Waals surface area contributed by atoms with Crippen molar-refractivity contribution < 1.29 is 9.47 Å². The third kappa shape index (κ3) is 4.44. The van der Waals surface area contributed by atoms with Crippen LogP contribution < -0.4 is 9.47 Å². The molecule has 3 heteroatoms. The van der Waals surface area contributed by atoms with Crippen molar-refractivity contribution in [3.63, 3.8) is 0 Å². The molecule has 0 saturated heterocycles. The second-order valence-electron chi connectivity index (χ2n) is 3.57. The maximum absolute atomic E-state index is 5.81. The predicted molar refractivity (Wildman–Crippen MR) is 70.7 cm³/mol. The predicted octanol–water partition coefficient (Wildman–Crippen LogP) is 4.03. The highest BCUT2D eigenvalue weighted by atomic mass is 79.9. The second-order valence-corrected chi connectivity index (χ2v) is 4.36. The van der Waals surface area contributed by atoms with Crippen molar-refractivity contribution in [3.8, 4) is 11.5 Å². The van der Waals surface area contributed by atoms with Gasteiger partial charge in [0.15, 0.2) is 0 Å². The minimum Gasteiger partial charge on any atom is -0.493 e. The number of rotatable bonds is 7. The molecule has 0 bridgehead atoms. The average Bonchev–Trinajstić information content (AvgIpc) is 2.35. The lowest BCUT2D eigenvalue weighted by Crippen LogP contribution is -2.13. The Morgan fingerprint density at radius 1 is 1.06 bits per heavy atom. The summed E-state index contributed by atoms with van der Waals surface area (Å²) in [5, 5.41) is 0.846. The van der Waals surface area contributed by atoms with Crippen LogP contribution in [0.15, 0.2) is 24.3 Å². The number of ether oxygens (including phenoxy) is 2. The van der Waals surface area contributed by atoms with Gasteiger partial charge in [-0.1, -0.05) is 29.8 Å². The highest BCUT2D eigenvalue weighted by Gasteiger charge is 2.04. The Morgan fingerprint density at radius 3 is 2.12 bits per heavy atom. The number of hydrogen-bond donors (Lipinski definition) is 0. The summed E-state index contributed by atoms with van der Waals surface area (Å²) in [6.07, 6.45) is 2.39. The number of halogens is 1. The molecule has 0 unspecified atom stereocenters. The summed E-state index contributed by atoms with van der Waals surface area (Å²) >= 11 is 3.32. The minimum absolute atomic E-state index is 0.314. The van der Waals surface area contributed by atoms with Crippen LogP contribution in [0.1, 0.15) is 26.7 Å². The van der Waals surface area contributed by atoms with E-state index in [9.17, 15) is 0 Å². The monoisotopic (exact) mass is 286 g/mol. The van der Waals surface area contributed by atoms with Crippen molar-refractivity contribution >= 4 is 15.9 Å². The van der Waals surface area contributed by atoms with Crippen LogP contribution in [0.2, 0.25) is 0 Å². The molecule has 0 aliphatic rings. The quantitative estimate of drug-likeness (QED) is 0.705. The highest BCUT2D eigenvalue weighted by molar-refractivity contribution is 9.09. The topological polar surface area (TPSA) is 18.5 Å². The van der Waals surface area contributed by atoms with E-state index in [-0.39, 0.29) is 0 Å². The molecule has 90 valence electrons. The molecule has 0 aliphatic carbocycles. The summed E-state index contributed by atoms with van der Waals surface area (Å²) in [4.78, 5) is 0. The van der Waals surface area contributed by atoms with Gasteiger partial charge in [0.25, 0.3) is 0 Å². The van der Waals surface area contributed by atoms with Crippen LogP contribution in [-0.4, -0.2) is 18.0 Å². The molecule has 0 radical (unpaired) electrons. The van der Waals surface area contributed by atoms with E-state index in [1.807, 2.05) is 24.3 Å². The Balaban J connectivity index is 2.50. The van der Waals surface area contributed by atoms with Gasteiger partial charge in [0.05, 0.1) is 12.7 Å². The number of alkyl halides is 1. The first-order valence-electron chi connectivity index (χ1n) is 5.75. The minimum atomic E-state index is 0.314. The molecule has 0 saturated carbocycles. The van der Waals surface area contributed by atoms with E-state index in [2.05, 4.69) is 29.8 Å². The second kappa shape index (κ2) is 7.55. The molecule has 1 rings (SSSR count). The Labute approximate surface area is 106 Å². The molecule has 0 amide bonds. The maximum Gasteiger partial charge on any atom is 0.119 e. The van der Waals surface area contributed by atoms with Crippen molar-refractivity contribution in [1.82, 2.24) is 0 Å². The van der Waals surface area contributed by atoms with E-state index < -0.39 is 0 Å². The smallest absolute Gasteiger partial charge is 0.119 e. The average molecular weight is 287 g/mol. The van der Waals surface area contributed by atoms with Gasteiger partial charge in [0, 0.05) is 5.33 Å². The fraction of sp³-hybridized carbons (Fsp3) is 0.538. The Hall–Kier alpha value is -0.700. The molecule has 0 fully saturated rings. The first-order chi connectivity index (χ1) is 7.80. The molecule has 0 atom stereocenters. The molecule has 2 nitrogen and oxygen atoms in total. The molecule has 16 heavy (non-hydrogen) atoms. The summed E-state index contributed by atoms with van der Waals surface area (Å²) in [5.74, 6) is 1.80. The largest absolute Gasteiger partial charge is 0.493 e. The van der Waals surface area contributed by atoms with E-state index in [1.165, 1.54) is 0 Å². The van der Waals surface area contributed by atoms with Crippen LogP contribution >= 0.6 is 15.9 Å². The Morgan fingerprint density at radius 2 is 1.62 bits per heavy atom. The molecule has 0 aromatic heterocycles. The Kier molecular flexibility index (Phi) is 6.31. The van der Waals surface area contributed by atoms with Crippen LogP contribution in [0, 0.1) is 0 Å². The van der Waals surface area contributed by atoms with E-state index in [0.717, 1.165) is 29.7 Å². The zero-order chi connectivity index (χ0) is 11.8. The third-order valence-corrected chi connectivity index (χ3v) is 2.71. The molecule has 0 spiro atoms. The van der Waals surface area contributed by atoms with Gasteiger partial charge in [-0.05, 0) is 37.1 Å². The first-order valence-corrected chi connectivity index (χ1v) is 6.87.